The van der Waals surface area contributed by atoms with Gasteiger partial charge in [0.15, 0.2) is 0 Å². The predicted molar refractivity (Wildman–Crippen MR) is 534 cm³/mol. The van der Waals surface area contributed by atoms with E-state index < -0.39 is 0 Å². The molecule has 0 aliphatic carbocycles. The number of pyridine rings is 1. The minimum atomic E-state index is 0. The van der Waals surface area contributed by atoms with Gasteiger partial charge in [-0.2, -0.15) is 10.5 Å². The van der Waals surface area contributed by atoms with Crippen LogP contribution in [0.1, 0.15) is 342 Å². The van der Waals surface area contributed by atoms with Crippen LogP contribution in [-0.4, -0.2) is 43.3 Å². The average Bonchev–Trinajstić information content (AvgIpc) is 0.812. The number of hydrogen-bond acceptors (Lipinski definition) is 9. The van der Waals surface area contributed by atoms with Gasteiger partial charge in [0, 0.05) is 123 Å². The third kappa shape index (κ3) is 58.2. The summed E-state index contributed by atoms with van der Waals surface area (Å²) in [6.07, 6.45) is 12.4. The van der Waals surface area contributed by atoms with E-state index in [1.54, 1.807) is 30.6 Å². The average molecular weight is 2010 g/mol. The molecule has 0 saturated carbocycles. The van der Waals surface area contributed by atoms with Crippen molar-refractivity contribution >= 4 is 124 Å². The van der Waals surface area contributed by atoms with E-state index in [-0.39, 0.29) is 99.0 Å². The van der Waals surface area contributed by atoms with Gasteiger partial charge < -0.3 is 37.6 Å². The number of aromatic hydroxyl groups is 3. The normalized spacial score (nSPS) is 10.1. The van der Waals surface area contributed by atoms with Gasteiger partial charge in [-0.25, -0.2) is 0 Å². The zero-order chi connectivity index (χ0) is 88.5. The van der Waals surface area contributed by atoms with Gasteiger partial charge in [-0.1, -0.05) is 352 Å². The smallest absolute Gasteiger partial charge is 0.143 e. The fourth-order valence-electron chi connectivity index (χ4n) is 9.07. The van der Waals surface area contributed by atoms with Crippen LogP contribution in [0.15, 0.2) is 170 Å². The molecule has 120 heavy (non-hydrogen) atoms. The number of rotatable bonds is 16. The molecular weight excluding hydrogens is 1860 g/mol. The Morgan fingerprint density at radius 3 is 0.867 bits per heavy atom. The van der Waals surface area contributed by atoms with Crippen molar-refractivity contribution in [3.63, 3.8) is 0 Å². The number of alkyl halides is 1. The minimum Gasteiger partial charge on any atom is -0.506 e. The molecule has 0 saturated heterocycles. The van der Waals surface area contributed by atoms with E-state index in [9.17, 15) is 15.3 Å². The van der Waals surface area contributed by atoms with Crippen LogP contribution >= 0.6 is 89.9 Å². The summed E-state index contributed by atoms with van der Waals surface area (Å²) in [4.78, 5) is 18.4. The molecule has 0 bridgehead atoms. The molecule has 8 rings (SSSR count). The third-order valence-electron chi connectivity index (χ3n) is 15.9. The molecule has 19 heteroatoms. The van der Waals surface area contributed by atoms with Gasteiger partial charge in [0.25, 0.3) is 0 Å². The number of halogens is 7. The molecule has 0 amide bonds. The van der Waals surface area contributed by atoms with Crippen LogP contribution in [0.4, 0.5) is 17.1 Å². The Labute approximate surface area is 805 Å². The molecule has 8 aromatic rings. The molecule has 0 fully saturated rings. The largest absolute Gasteiger partial charge is 0.506 e. The van der Waals surface area contributed by atoms with Crippen molar-refractivity contribution in [2.45, 2.75) is 288 Å². The van der Waals surface area contributed by atoms with Crippen molar-refractivity contribution in [2.24, 2.45) is 26.8 Å². The van der Waals surface area contributed by atoms with Gasteiger partial charge in [-0.15, -0.1) is 11.6 Å². The maximum atomic E-state index is 10.4. The van der Waals surface area contributed by atoms with Gasteiger partial charge in [0.2, 0.25) is 0 Å². The molecule has 0 aliphatic heterocycles. The molecule has 0 spiro atoms. The van der Waals surface area contributed by atoms with Gasteiger partial charge in [-0.05, 0) is 191 Å². The number of nitrogens with zero attached hydrogens (tertiary/aromatic N) is 6. The van der Waals surface area contributed by atoms with Gasteiger partial charge in [0.1, 0.15) is 17.2 Å². The zero-order valence-corrected chi connectivity index (χ0v) is 88.7. The Bertz CT molecular complexity index is 3680. The summed E-state index contributed by atoms with van der Waals surface area (Å²) >= 11 is 36.3. The molecular formula is C101H150Br2Cl5N6Ni3O3-3. The van der Waals surface area contributed by atoms with Crippen molar-refractivity contribution in [3.05, 3.63) is 258 Å². The summed E-state index contributed by atoms with van der Waals surface area (Å²) < 4.78 is 1.56. The summed E-state index contributed by atoms with van der Waals surface area (Å²) in [5.41, 5.74) is 16.1. The van der Waals surface area contributed by atoms with Crippen molar-refractivity contribution < 1.29 is 64.8 Å². The summed E-state index contributed by atoms with van der Waals surface area (Å²) in [6.45, 7) is 63.2. The summed E-state index contributed by atoms with van der Waals surface area (Å²) in [7, 11) is 0. The van der Waals surface area contributed by atoms with Crippen LogP contribution in [0.2, 0.25) is 20.1 Å². The SMILES string of the molecule is CC#N.CC(=Nc1c(C(C)C)cccc1C(C)C)c1cc(Br)cc(Br)c1O.CC(=Nc1c(C(C)C)cccc1C(C)C)c1cc(Cl)cc(Cl)c1O.CC(=Nc1c(C(C)C)cccc1C(C)C)c1cc(Cl)cc(Cl)c1O.CC(C)C.CCC.CCC(C)C.CCCC.CCCC.CCCCl.Cc1ccc(C#N)cc1.[CH3-].[CH3-].[CH3-].[Ni].[Ni].[Ni].c1ccncc1. The van der Waals surface area contributed by atoms with Crippen LogP contribution in [0, 0.1) is 63.7 Å². The second-order valence-electron chi connectivity index (χ2n) is 29.9. The molecule has 7 aromatic carbocycles. The standard InChI is InChI=1S/C20H23Br2NO.2C20H23Cl2NO.C8H7N.C5H5N.C5H12.3C4H10.C3H7Cl.C3H8.C2H3N.3CH3.3Ni/c3*1-11(2)15-7-6-8-16(12(3)4)19(15)23-13(5)17-9-14(21)10-18(22)20(17)24;1-7-2-4-8(6-9)5-3-7;1-2-4-6-5-3-1;1-4-5(2)3;1-4(2)3;2*1-3-4-2;1-2-3-4;1-3-2;1-2-3;;;;;;/h3*6-12,24H,1-5H3;2-5H,1H3;1-5H;5H,4H2,1-3H3;4H,1-3H3;2*3-4H2,1-2H3;2-3H2,1H3;3H2,1-2H3;1H3;3*1H3;;;/q;;;;;;;;;;;;3*-1;;;. The molecule has 3 N–H and O–H groups in total. The molecule has 1 heterocycles. The van der Waals surface area contributed by atoms with Crippen molar-refractivity contribution in [3.8, 4) is 29.4 Å². The Morgan fingerprint density at radius 1 is 0.425 bits per heavy atom. The Balaban J connectivity index is -0.000000150. The number of aliphatic imine (C=N–C) groups is 3. The molecule has 0 unspecified atom stereocenters. The maximum absolute atomic E-state index is 10.4. The number of para-hydroxylation sites is 3. The van der Waals surface area contributed by atoms with E-state index in [4.69, 9.17) is 83.5 Å². The second kappa shape index (κ2) is 79.8. The van der Waals surface area contributed by atoms with Crippen LogP contribution in [0.25, 0.3) is 0 Å². The molecule has 0 aliphatic rings. The first-order chi connectivity index (χ1) is 53.6. The van der Waals surface area contributed by atoms with Crippen LogP contribution in [0.5, 0.6) is 17.2 Å². The van der Waals surface area contributed by atoms with Gasteiger partial charge in [-0.3, -0.25) is 20.0 Å². The second-order valence-corrected chi connectivity index (χ2v) is 33.7. The van der Waals surface area contributed by atoms with Crippen LogP contribution in [-0.2, 0) is 49.5 Å². The first-order valence-electron chi connectivity index (χ1n) is 40.3. The zero-order valence-electron chi connectivity index (χ0n) is 78.8. The maximum Gasteiger partial charge on any atom is 0.143 e. The first kappa shape index (κ1) is 136. The number of nitriles is 2. The topological polar surface area (TPSA) is 158 Å². The van der Waals surface area contributed by atoms with Crippen molar-refractivity contribution in [1.29, 1.82) is 10.5 Å². The summed E-state index contributed by atoms with van der Waals surface area (Å²) in [5.74, 6) is 4.93. The van der Waals surface area contributed by atoms with E-state index >= 15 is 0 Å². The third-order valence-corrected chi connectivity index (χ3v) is 18.3. The monoisotopic (exact) mass is 2000 g/mol. The van der Waals surface area contributed by atoms with Crippen LogP contribution in [0.3, 0.4) is 0 Å². The Hall–Kier alpha value is -5.03. The number of hydrogen-bond donors (Lipinski definition) is 3. The summed E-state index contributed by atoms with van der Waals surface area (Å²) in [5, 5.41) is 48.0. The number of phenols is 3. The number of aromatic nitrogens is 1. The molecule has 9 nitrogen and oxygen atoms in total. The number of phenolic OH excluding ortho intramolecular Hbond substituents is 3. The van der Waals surface area contributed by atoms with E-state index in [0.717, 1.165) is 62.5 Å². The fraction of sp³-hybridized carbons (Fsp3) is 0.455. The molecule has 684 valence electrons. The number of benzene rings is 7. The van der Waals surface area contributed by atoms with Crippen LogP contribution < -0.4 is 0 Å². The van der Waals surface area contributed by atoms with Gasteiger partial charge in [0.05, 0.1) is 49.3 Å². The number of aryl methyl sites for hydroxylation is 1. The quantitative estimate of drug-likeness (QED) is 0.0378. The van der Waals surface area contributed by atoms with E-state index in [2.05, 4.69) is 264 Å². The first-order valence-corrected chi connectivity index (χ1v) is 44.0. The fourth-order valence-corrected chi connectivity index (χ4v) is 11.3. The van der Waals surface area contributed by atoms with Crippen molar-refractivity contribution in [2.75, 3.05) is 5.88 Å². The Morgan fingerprint density at radius 2 is 0.675 bits per heavy atom. The van der Waals surface area contributed by atoms with Gasteiger partial charge >= 0.3 is 0 Å². The van der Waals surface area contributed by atoms with E-state index in [0.29, 0.717) is 72.6 Å². The Kier molecular flexibility index (Phi) is 90.2. The van der Waals surface area contributed by atoms with E-state index in [1.165, 1.54) is 96.5 Å². The molecule has 0 radical (unpaired) electrons. The summed E-state index contributed by atoms with van der Waals surface area (Å²) in [6, 6.07) is 46.1. The minimum absolute atomic E-state index is 0. The molecule has 1 aromatic heterocycles. The molecule has 0 atom stereocenters. The number of unbranched alkanes of at least 4 members (excludes halogenated alkanes) is 2. The van der Waals surface area contributed by atoms with E-state index in [1.807, 2.05) is 89.2 Å². The predicted octanol–water partition coefficient (Wildman–Crippen LogP) is 36.7. The van der Waals surface area contributed by atoms with Crippen molar-refractivity contribution in [1.82, 2.24) is 4.98 Å².